The highest BCUT2D eigenvalue weighted by Crippen LogP contribution is 2.24. The number of nitrogens with one attached hydrogen (secondary N) is 1. The first kappa shape index (κ1) is 15.7. The Bertz CT molecular complexity index is 482. The summed E-state index contributed by atoms with van der Waals surface area (Å²) < 4.78 is 0. The summed E-state index contributed by atoms with van der Waals surface area (Å²) in [6, 6.07) is 21.2. The minimum atomic E-state index is -0.0590. The van der Waals surface area contributed by atoms with Crippen LogP contribution >= 0.6 is 0 Å². The van der Waals surface area contributed by atoms with Gasteiger partial charge in [0.25, 0.3) is 0 Å². The van der Waals surface area contributed by atoms with Gasteiger partial charge in [0.15, 0.2) is 0 Å². The van der Waals surface area contributed by atoms with Gasteiger partial charge in [0.1, 0.15) is 0 Å². The second kappa shape index (κ2) is 7.39. The molecular formula is C19H25NO. The van der Waals surface area contributed by atoms with E-state index in [4.69, 9.17) is 5.11 Å². The first-order valence-electron chi connectivity index (χ1n) is 7.58. The Kier molecular flexibility index (Phi) is 5.54. The van der Waals surface area contributed by atoms with Crippen molar-refractivity contribution in [3.05, 3.63) is 71.8 Å². The minimum Gasteiger partial charge on any atom is -0.396 e. The van der Waals surface area contributed by atoms with E-state index in [1.807, 2.05) is 0 Å². The van der Waals surface area contributed by atoms with E-state index >= 15 is 0 Å². The Morgan fingerprint density at radius 3 is 1.81 bits per heavy atom. The van der Waals surface area contributed by atoms with Gasteiger partial charge in [-0.15, -0.1) is 0 Å². The van der Waals surface area contributed by atoms with Crippen molar-refractivity contribution in [1.29, 1.82) is 0 Å². The normalized spacial score (nSPS) is 11.8. The van der Waals surface area contributed by atoms with Gasteiger partial charge in [-0.25, -0.2) is 0 Å². The molecule has 2 aromatic carbocycles. The van der Waals surface area contributed by atoms with Gasteiger partial charge in [0.2, 0.25) is 0 Å². The van der Waals surface area contributed by atoms with Crippen LogP contribution in [0.4, 0.5) is 0 Å². The molecule has 2 rings (SSSR count). The zero-order valence-corrected chi connectivity index (χ0v) is 12.9. The second-order valence-corrected chi connectivity index (χ2v) is 6.11. The highest BCUT2D eigenvalue weighted by atomic mass is 16.3. The maximum absolute atomic E-state index is 9.16. The fourth-order valence-electron chi connectivity index (χ4n) is 2.55. The Balaban J connectivity index is 2.18. The summed E-state index contributed by atoms with van der Waals surface area (Å²) in [6.45, 7) is 5.34. The SMILES string of the molecule is CC(C)(CCO)NCC(c1ccccc1)c1ccccc1. The van der Waals surface area contributed by atoms with Gasteiger partial charge in [0.05, 0.1) is 0 Å². The lowest BCUT2D eigenvalue weighted by Gasteiger charge is -2.29. The highest BCUT2D eigenvalue weighted by molar-refractivity contribution is 5.32. The van der Waals surface area contributed by atoms with E-state index in [1.54, 1.807) is 0 Å². The van der Waals surface area contributed by atoms with Crippen molar-refractivity contribution < 1.29 is 5.11 Å². The Labute approximate surface area is 127 Å². The number of hydrogen-bond donors (Lipinski definition) is 2. The van der Waals surface area contributed by atoms with Crippen LogP contribution in [-0.4, -0.2) is 23.8 Å². The van der Waals surface area contributed by atoms with Gasteiger partial charge in [0, 0.05) is 24.6 Å². The molecule has 0 saturated carbocycles. The third-order valence-electron chi connectivity index (χ3n) is 3.93. The molecular weight excluding hydrogens is 258 g/mol. The Morgan fingerprint density at radius 2 is 1.38 bits per heavy atom. The maximum Gasteiger partial charge on any atom is 0.0448 e. The average Bonchev–Trinajstić information content (AvgIpc) is 2.49. The molecule has 0 aliphatic rings. The van der Waals surface area contributed by atoms with Crippen molar-refractivity contribution in [3.8, 4) is 0 Å². The number of hydrogen-bond acceptors (Lipinski definition) is 2. The van der Waals surface area contributed by atoms with Gasteiger partial charge in [-0.2, -0.15) is 0 Å². The van der Waals surface area contributed by atoms with E-state index in [0.717, 1.165) is 13.0 Å². The first-order chi connectivity index (χ1) is 10.1. The molecule has 0 atom stereocenters. The quantitative estimate of drug-likeness (QED) is 0.814. The molecule has 0 spiro atoms. The van der Waals surface area contributed by atoms with Crippen molar-refractivity contribution in [2.24, 2.45) is 0 Å². The van der Waals surface area contributed by atoms with Crippen molar-refractivity contribution in [1.82, 2.24) is 5.32 Å². The average molecular weight is 283 g/mol. The Morgan fingerprint density at radius 1 is 0.905 bits per heavy atom. The van der Waals surface area contributed by atoms with Gasteiger partial charge in [-0.05, 0) is 31.4 Å². The number of rotatable bonds is 7. The van der Waals surface area contributed by atoms with Crippen molar-refractivity contribution in [2.45, 2.75) is 31.7 Å². The number of aliphatic hydroxyl groups excluding tert-OH is 1. The standard InChI is InChI=1S/C19H25NO/c1-19(2,13-14-21)20-15-18(16-9-5-3-6-10-16)17-11-7-4-8-12-17/h3-12,18,20-21H,13-15H2,1-2H3. The molecule has 0 aromatic heterocycles. The lowest BCUT2D eigenvalue weighted by molar-refractivity contribution is 0.230. The van der Waals surface area contributed by atoms with Crippen LogP contribution in [0.2, 0.25) is 0 Å². The molecule has 0 aliphatic heterocycles. The molecule has 0 radical (unpaired) electrons. The summed E-state index contributed by atoms with van der Waals surface area (Å²) >= 11 is 0. The molecule has 0 fully saturated rings. The van der Waals surface area contributed by atoms with Crippen LogP contribution in [0.25, 0.3) is 0 Å². The molecule has 0 aliphatic carbocycles. The summed E-state index contributed by atoms with van der Waals surface area (Å²) in [5.74, 6) is 0.324. The fourth-order valence-corrected chi connectivity index (χ4v) is 2.55. The maximum atomic E-state index is 9.16. The summed E-state index contributed by atoms with van der Waals surface area (Å²) in [6.07, 6.45) is 0.753. The molecule has 0 unspecified atom stereocenters. The van der Waals surface area contributed by atoms with E-state index in [-0.39, 0.29) is 12.1 Å². The number of aliphatic hydroxyl groups is 1. The van der Waals surface area contributed by atoms with Crippen LogP contribution in [0.3, 0.4) is 0 Å². The van der Waals surface area contributed by atoms with E-state index in [0.29, 0.717) is 5.92 Å². The molecule has 0 heterocycles. The third kappa shape index (κ3) is 4.69. The largest absolute Gasteiger partial charge is 0.396 e. The second-order valence-electron chi connectivity index (χ2n) is 6.11. The first-order valence-corrected chi connectivity index (χ1v) is 7.58. The molecule has 2 aromatic rings. The van der Waals surface area contributed by atoms with Gasteiger partial charge in [-0.3, -0.25) is 0 Å². The van der Waals surface area contributed by atoms with E-state index in [9.17, 15) is 0 Å². The van der Waals surface area contributed by atoms with Gasteiger partial charge in [-0.1, -0.05) is 60.7 Å². The van der Waals surface area contributed by atoms with Crippen LogP contribution in [0, 0.1) is 0 Å². The molecule has 0 bridgehead atoms. The van der Waals surface area contributed by atoms with Crippen LogP contribution in [0.1, 0.15) is 37.3 Å². The van der Waals surface area contributed by atoms with Gasteiger partial charge >= 0.3 is 0 Å². The van der Waals surface area contributed by atoms with Crippen LogP contribution < -0.4 is 5.32 Å². The van der Waals surface area contributed by atoms with Gasteiger partial charge < -0.3 is 10.4 Å². The summed E-state index contributed by atoms with van der Waals surface area (Å²) in [7, 11) is 0. The molecule has 112 valence electrons. The van der Waals surface area contributed by atoms with Crippen molar-refractivity contribution in [2.75, 3.05) is 13.2 Å². The Hall–Kier alpha value is -1.64. The predicted octanol–water partition coefficient (Wildman–Crippen LogP) is 3.57. The molecule has 2 N–H and O–H groups in total. The molecule has 2 nitrogen and oxygen atoms in total. The van der Waals surface area contributed by atoms with E-state index in [2.05, 4.69) is 79.8 Å². The van der Waals surface area contributed by atoms with Crippen LogP contribution in [0.15, 0.2) is 60.7 Å². The van der Waals surface area contributed by atoms with E-state index in [1.165, 1.54) is 11.1 Å². The minimum absolute atomic E-state index is 0.0590. The fraction of sp³-hybridized carbons (Fsp3) is 0.368. The van der Waals surface area contributed by atoms with Crippen molar-refractivity contribution in [3.63, 3.8) is 0 Å². The predicted molar refractivity (Wildman–Crippen MR) is 88.5 cm³/mol. The number of benzene rings is 2. The summed E-state index contributed by atoms with van der Waals surface area (Å²) in [5, 5.41) is 12.8. The monoisotopic (exact) mass is 283 g/mol. The molecule has 2 heteroatoms. The molecule has 0 saturated heterocycles. The zero-order chi connectivity index (χ0) is 15.1. The lowest BCUT2D eigenvalue weighted by Crippen LogP contribution is -2.42. The van der Waals surface area contributed by atoms with Crippen molar-refractivity contribution >= 4 is 0 Å². The summed E-state index contributed by atoms with van der Waals surface area (Å²) in [4.78, 5) is 0. The van der Waals surface area contributed by atoms with E-state index < -0.39 is 0 Å². The smallest absolute Gasteiger partial charge is 0.0448 e. The summed E-state index contributed by atoms with van der Waals surface area (Å²) in [5.41, 5.74) is 2.57. The van der Waals surface area contributed by atoms with Crippen LogP contribution in [0.5, 0.6) is 0 Å². The molecule has 21 heavy (non-hydrogen) atoms. The lowest BCUT2D eigenvalue weighted by atomic mass is 9.90. The molecule has 0 amide bonds. The topological polar surface area (TPSA) is 32.3 Å². The van der Waals surface area contributed by atoms with Crippen LogP contribution in [-0.2, 0) is 0 Å². The zero-order valence-electron chi connectivity index (χ0n) is 12.9. The highest BCUT2D eigenvalue weighted by Gasteiger charge is 2.20. The third-order valence-corrected chi connectivity index (χ3v) is 3.93.